The lowest BCUT2D eigenvalue weighted by molar-refractivity contribution is -0.132. The lowest BCUT2D eigenvalue weighted by Gasteiger charge is -2.35. The van der Waals surface area contributed by atoms with Gasteiger partial charge in [-0.25, -0.2) is 9.37 Å². The first-order valence-corrected chi connectivity index (χ1v) is 7.29. The molecule has 0 bridgehead atoms. The minimum Gasteiger partial charge on any atom is -0.351 e. The van der Waals surface area contributed by atoms with Crippen LogP contribution in [0, 0.1) is 11.7 Å². The van der Waals surface area contributed by atoms with Crippen molar-refractivity contribution in [1.29, 1.82) is 0 Å². The molecule has 3 rings (SSSR count). The van der Waals surface area contributed by atoms with Crippen LogP contribution < -0.4 is 4.90 Å². The van der Waals surface area contributed by atoms with Crippen molar-refractivity contribution in [1.82, 2.24) is 9.88 Å². The van der Waals surface area contributed by atoms with E-state index in [2.05, 4.69) is 20.9 Å². The van der Waals surface area contributed by atoms with Gasteiger partial charge >= 0.3 is 0 Å². The van der Waals surface area contributed by atoms with Crippen LogP contribution in [0.1, 0.15) is 12.8 Å². The van der Waals surface area contributed by atoms with Crippen LogP contribution in [0.3, 0.4) is 0 Å². The Kier molecular flexibility index (Phi) is 3.43. The van der Waals surface area contributed by atoms with Crippen molar-refractivity contribution in [3.63, 3.8) is 0 Å². The summed E-state index contributed by atoms with van der Waals surface area (Å²) in [6.07, 6.45) is 3.66. The summed E-state index contributed by atoms with van der Waals surface area (Å²) >= 11 is 3.20. The monoisotopic (exact) mass is 327 g/mol. The third-order valence-electron chi connectivity index (χ3n) is 3.61. The second-order valence-corrected chi connectivity index (χ2v) is 5.96. The van der Waals surface area contributed by atoms with Crippen LogP contribution in [-0.2, 0) is 4.79 Å². The molecule has 2 heterocycles. The van der Waals surface area contributed by atoms with E-state index in [-0.39, 0.29) is 17.6 Å². The second kappa shape index (κ2) is 5.07. The molecule has 0 unspecified atom stereocenters. The maximum absolute atomic E-state index is 13.8. The molecule has 0 N–H and O–H groups in total. The highest BCUT2D eigenvalue weighted by Gasteiger charge is 2.34. The molecule has 6 heteroatoms. The molecule has 1 aromatic heterocycles. The zero-order valence-corrected chi connectivity index (χ0v) is 12.1. The van der Waals surface area contributed by atoms with E-state index < -0.39 is 0 Å². The molecule has 2 aliphatic rings. The normalized spacial score (nSPS) is 19.7. The van der Waals surface area contributed by atoms with Gasteiger partial charge in [0.25, 0.3) is 0 Å². The van der Waals surface area contributed by atoms with Crippen LogP contribution >= 0.6 is 15.9 Å². The van der Waals surface area contributed by atoms with E-state index >= 15 is 0 Å². The number of hydrogen-bond acceptors (Lipinski definition) is 3. The Bertz CT molecular complexity index is 499. The van der Waals surface area contributed by atoms with Crippen LogP contribution in [0.4, 0.5) is 10.2 Å². The van der Waals surface area contributed by atoms with E-state index in [0.29, 0.717) is 36.5 Å². The molecule has 1 amide bonds. The average Bonchev–Trinajstić information content (AvgIpc) is 3.22. The fraction of sp³-hybridized carbons (Fsp3) is 0.538. The largest absolute Gasteiger partial charge is 0.351 e. The van der Waals surface area contributed by atoms with Gasteiger partial charge in [0, 0.05) is 42.8 Å². The molecule has 0 radical (unpaired) electrons. The van der Waals surface area contributed by atoms with Gasteiger partial charge in [0.1, 0.15) is 0 Å². The molecule has 1 aromatic rings. The van der Waals surface area contributed by atoms with Gasteiger partial charge in [0.05, 0.1) is 0 Å². The molecular weight excluding hydrogens is 313 g/mol. The number of amides is 1. The van der Waals surface area contributed by atoms with E-state index in [4.69, 9.17) is 0 Å². The third kappa shape index (κ3) is 2.73. The number of carbonyl (C=O) groups is 1. The summed E-state index contributed by atoms with van der Waals surface area (Å²) in [6.45, 7) is 2.60. The predicted octanol–water partition coefficient (Wildman–Crippen LogP) is 2.04. The Morgan fingerprint density at radius 1 is 1.32 bits per heavy atom. The van der Waals surface area contributed by atoms with Gasteiger partial charge in [0.15, 0.2) is 11.6 Å². The molecule has 0 spiro atoms. The minimum absolute atomic E-state index is 0.258. The molecule has 1 saturated heterocycles. The first-order valence-electron chi connectivity index (χ1n) is 6.50. The number of anilines is 1. The van der Waals surface area contributed by atoms with E-state index in [1.165, 1.54) is 6.07 Å². The first-order chi connectivity index (χ1) is 9.15. The summed E-state index contributed by atoms with van der Waals surface area (Å²) in [4.78, 5) is 19.8. The Hall–Kier alpha value is -1.17. The Balaban J connectivity index is 1.64. The summed E-state index contributed by atoms with van der Waals surface area (Å²) in [5.74, 6) is 0.580. The first kappa shape index (κ1) is 12.8. The van der Waals surface area contributed by atoms with Crippen LogP contribution in [0.2, 0.25) is 0 Å². The number of halogens is 2. The van der Waals surface area contributed by atoms with E-state index in [1.807, 2.05) is 9.80 Å². The Morgan fingerprint density at radius 3 is 2.58 bits per heavy atom. The van der Waals surface area contributed by atoms with Gasteiger partial charge in [-0.1, -0.05) is 0 Å². The summed E-state index contributed by atoms with van der Waals surface area (Å²) in [6, 6.07) is 1.42. The highest BCUT2D eigenvalue weighted by Crippen LogP contribution is 2.31. The summed E-state index contributed by atoms with van der Waals surface area (Å²) in [7, 11) is 0. The highest BCUT2D eigenvalue weighted by atomic mass is 79.9. The average molecular weight is 328 g/mol. The van der Waals surface area contributed by atoms with Gasteiger partial charge in [-0.2, -0.15) is 0 Å². The van der Waals surface area contributed by atoms with Crippen LogP contribution in [0.5, 0.6) is 0 Å². The fourth-order valence-electron chi connectivity index (χ4n) is 2.37. The molecule has 1 aliphatic heterocycles. The third-order valence-corrected chi connectivity index (χ3v) is 4.04. The quantitative estimate of drug-likeness (QED) is 0.834. The topological polar surface area (TPSA) is 36.4 Å². The number of piperazine rings is 1. The van der Waals surface area contributed by atoms with Gasteiger partial charge in [-0.3, -0.25) is 4.79 Å². The molecule has 19 heavy (non-hydrogen) atoms. The fourth-order valence-corrected chi connectivity index (χ4v) is 2.67. The molecule has 4 nitrogen and oxygen atoms in total. The Morgan fingerprint density at radius 2 is 2.00 bits per heavy atom. The number of nitrogens with zero attached hydrogens (tertiary/aromatic N) is 3. The molecular formula is C13H15BrFN3O. The lowest BCUT2D eigenvalue weighted by Crippen LogP contribution is -2.49. The van der Waals surface area contributed by atoms with Gasteiger partial charge in [0.2, 0.25) is 5.91 Å². The van der Waals surface area contributed by atoms with Crippen LogP contribution in [0.25, 0.3) is 0 Å². The molecule has 1 saturated carbocycles. The molecule has 0 atom stereocenters. The smallest absolute Gasteiger partial charge is 0.225 e. The summed E-state index contributed by atoms with van der Waals surface area (Å²) in [5, 5.41) is 0. The van der Waals surface area contributed by atoms with Crippen molar-refractivity contribution < 1.29 is 9.18 Å². The molecule has 102 valence electrons. The maximum Gasteiger partial charge on any atom is 0.225 e. The van der Waals surface area contributed by atoms with Crippen molar-refractivity contribution in [2.75, 3.05) is 31.1 Å². The molecule has 0 aromatic carbocycles. The Labute approximate surface area is 119 Å². The van der Waals surface area contributed by atoms with E-state index in [1.54, 1.807) is 6.20 Å². The zero-order valence-electron chi connectivity index (χ0n) is 10.5. The van der Waals surface area contributed by atoms with E-state index in [9.17, 15) is 9.18 Å². The minimum atomic E-state index is -0.323. The van der Waals surface area contributed by atoms with Crippen molar-refractivity contribution >= 4 is 27.7 Å². The maximum atomic E-state index is 13.8. The van der Waals surface area contributed by atoms with Gasteiger partial charge < -0.3 is 9.80 Å². The second-order valence-electron chi connectivity index (χ2n) is 5.05. The number of hydrogen-bond donors (Lipinski definition) is 0. The number of aromatic nitrogens is 1. The van der Waals surface area contributed by atoms with E-state index in [0.717, 1.165) is 12.8 Å². The van der Waals surface area contributed by atoms with Gasteiger partial charge in [-0.15, -0.1) is 0 Å². The summed E-state index contributed by atoms with van der Waals surface area (Å²) in [5.41, 5.74) is 0. The van der Waals surface area contributed by atoms with Crippen LogP contribution in [0.15, 0.2) is 16.7 Å². The van der Waals surface area contributed by atoms with Crippen molar-refractivity contribution in [2.24, 2.45) is 5.92 Å². The van der Waals surface area contributed by atoms with Gasteiger partial charge in [-0.05, 0) is 34.8 Å². The van der Waals surface area contributed by atoms with Crippen LogP contribution in [-0.4, -0.2) is 42.0 Å². The number of pyridine rings is 1. The van der Waals surface area contributed by atoms with Crippen molar-refractivity contribution in [2.45, 2.75) is 12.8 Å². The van der Waals surface area contributed by atoms with Crippen molar-refractivity contribution in [3.05, 3.63) is 22.6 Å². The molecule has 1 aliphatic carbocycles. The number of carbonyl (C=O) groups excluding carboxylic acids is 1. The SMILES string of the molecule is O=C(C1CC1)N1CCN(c2ncc(Br)cc2F)CC1. The van der Waals surface area contributed by atoms with Crippen molar-refractivity contribution in [3.8, 4) is 0 Å². The zero-order chi connectivity index (χ0) is 13.4. The highest BCUT2D eigenvalue weighted by molar-refractivity contribution is 9.10. The standard InChI is InChI=1S/C13H15BrFN3O/c14-10-7-11(15)12(16-8-10)17-3-5-18(6-4-17)13(19)9-1-2-9/h7-9H,1-6H2. The predicted molar refractivity (Wildman–Crippen MR) is 73.4 cm³/mol. The lowest BCUT2D eigenvalue weighted by atomic mass is 10.2. The molecule has 2 fully saturated rings. The number of rotatable bonds is 2. The summed E-state index contributed by atoms with van der Waals surface area (Å²) < 4.78 is 14.4.